The summed E-state index contributed by atoms with van der Waals surface area (Å²) in [7, 11) is 0. The summed E-state index contributed by atoms with van der Waals surface area (Å²) in [6.07, 6.45) is 3.56. The molecule has 2 fully saturated rings. The molecule has 3 rings (SSSR count). The van der Waals surface area contributed by atoms with Crippen LogP contribution in [0.2, 0.25) is 0 Å². The Balaban J connectivity index is 1.65. The number of likely N-dealkylation sites (tertiary alicyclic amines) is 1. The molecule has 2 saturated heterocycles. The summed E-state index contributed by atoms with van der Waals surface area (Å²) in [6.45, 7) is 6.26. The molecule has 2 aliphatic heterocycles. The van der Waals surface area contributed by atoms with Crippen molar-refractivity contribution in [2.24, 2.45) is 0 Å². The number of nitrogens with zero attached hydrogens (tertiary/aromatic N) is 3. The predicted molar refractivity (Wildman–Crippen MR) is 75.9 cm³/mol. The first-order valence-electron chi connectivity index (χ1n) is 7.89. The highest BCUT2D eigenvalue weighted by molar-refractivity contribution is 5.81. The molecule has 2 aliphatic rings. The van der Waals surface area contributed by atoms with E-state index in [0.29, 0.717) is 19.0 Å². The minimum Gasteiger partial charge on any atom is -0.368 e. The van der Waals surface area contributed by atoms with Crippen LogP contribution in [0.5, 0.6) is 0 Å². The average molecular weight is 293 g/mol. The molecule has 1 amide bonds. The van der Waals surface area contributed by atoms with Gasteiger partial charge in [0, 0.05) is 25.6 Å². The van der Waals surface area contributed by atoms with Gasteiger partial charge in [-0.15, -0.1) is 0 Å². The van der Waals surface area contributed by atoms with Gasteiger partial charge < -0.3 is 14.2 Å². The van der Waals surface area contributed by atoms with Crippen LogP contribution >= 0.6 is 0 Å². The van der Waals surface area contributed by atoms with Gasteiger partial charge in [-0.3, -0.25) is 4.79 Å². The molecule has 0 aliphatic carbocycles. The van der Waals surface area contributed by atoms with E-state index in [1.165, 1.54) is 0 Å². The number of rotatable bonds is 3. The smallest absolute Gasteiger partial charge is 0.251 e. The minimum atomic E-state index is -0.238. The Morgan fingerprint density at radius 3 is 2.86 bits per heavy atom. The lowest BCUT2D eigenvalue weighted by atomic mass is 9.97. The Morgan fingerprint density at radius 1 is 1.33 bits per heavy atom. The van der Waals surface area contributed by atoms with Crippen molar-refractivity contribution in [2.45, 2.75) is 57.5 Å². The Bertz CT molecular complexity index is 494. The van der Waals surface area contributed by atoms with Crippen LogP contribution in [0.25, 0.3) is 0 Å². The second-order valence-electron chi connectivity index (χ2n) is 6.27. The second-order valence-corrected chi connectivity index (χ2v) is 6.27. The van der Waals surface area contributed by atoms with Gasteiger partial charge in [0.2, 0.25) is 5.89 Å². The van der Waals surface area contributed by atoms with Gasteiger partial charge >= 0.3 is 0 Å². The van der Waals surface area contributed by atoms with E-state index in [4.69, 9.17) is 9.26 Å². The van der Waals surface area contributed by atoms with E-state index >= 15 is 0 Å². The van der Waals surface area contributed by atoms with Gasteiger partial charge in [-0.2, -0.15) is 4.98 Å². The Morgan fingerprint density at radius 2 is 2.19 bits per heavy atom. The Kier molecular flexibility index (Phi) is 4.24. The van der Waals surface area contributed by atoms with Gasteiger partial charge in [-0.05, 0) is 25.7 Å². The molecule has 116 valence electrons. The summed E-state index contributed by atoms with van der Waals surface area (Å²) in [5.41, 5.74) is 0. The fourth-order valence-corrected chi connectivity index (χ4v) is 3.00. The molecule has 2 atom stereocenters. The highest BCUT2D eigenvalue weighted by Crippen LogP contribution is 2.28. The number of amides is 1. The van der Waals surface area contributed by atoms with Crippen LogP contribution in [0.15, 0.2) is 4.52 Å². The zero-order chi connectivity index (χ0) is 14.8. The Hall–Kier alpha value is -1.43. The zero-order valence-electron chi connectivity index (χ0n) is 12.7. The summed E-state index contributed by atoms with van der Waals surface area (Å²) in [5, 5.41) is 4.02. The van der Waals surface area contributed by atoms with Gasteiger partial charge in [-0.1, -0.05) is 19.0 Å². The monoisotopic (exact) mass is 293 g/mol. The fourth-order valence-electron chi connectivity index (χ4n) is 3.00. The van der Waals surface area contributed by atoms with E-state index in [1.54, 1.807) is 0 Å². The first-order chi connectivity index (χ1) is 10.1. The molecule has 0 unspecified atom stereocenters. The maximum absolute atomic E-state index is 12.4. The van der Waals surface area contributed by atoms with Crippen molar-refractivity contribution in [3.8, 4) is 0 Å². The van der Waals surface area contributed by atoms with Crippen molar-refractivity contribution in [3.63, 3.8) is 0 Å². The SMILES string of the molecule is CC(C)c1noc([C@@H]2CCCN(C(=O)[C@H]3CCCO3)C2)n1. The minimum absolute atomic E-state index is 0.126. The van der Waals surface area contributed by atoms with Crippen molar-refractivity contribution in [1.29, 1.82) is 0 Å². The third kappa shape index (κ3) is 3.10. The van der Waals surface area contributed by atoms with Crippen LogP contribution < -0.4 is 0 Å². The quantitative estimate of drug-likeness (QED) is 0.853. The molecule has 0 spiro atoms. The largest absolute Gasteiger partial charge is 0.368 e. The standard InChI is InChI=1S/C15H23N3O3/c1-10(2)13-16-14(21-17-13)11-5-3-7-18(9-11)15(19)12-6-4-8-20-12/h10-12H,3-9H2,1-2H3/t11-,12-/m1/s1. The van der Waals surface area contributed by atoms with Crippen molar-refractivity contribution in [1.82, 2.24) is 15.0 Å². The van der Waals surface area contributed by atoms with Crippen molar-refractivity contribution in [3.05, 3.63) is 11.7 Å². The molecule has 6 heteroatoms. The molecule has 0 aromatic carbocycles. The normalized spacial score (nSPS) is 26.5. The van der Waals surface area contributed by atoms with E-state index in [0.717, 1.165) is 38.1 Å². The van der Waals surface area contributed by atoms with Crippen molar-refractivity contribution >= 4 is 5.91 Å². The number of hydrogen-bond acceptors (Lipinski definition) is 5. The van der Waals surface area contributed by atoms with Crippen LogP contribution in [0.4, 0.5) is 0 Å². The maximum atomic E-state index is 12.4. The molecule has 1 aromatic heterocycles. The van der Waals surface area contributed by atoms with Gasteiger partial charge in [0.25, 0.3) is 5.91 Å². The molecule has 1 aromatic rings. The zero-order valence-corrected chi connectivity index (χ0v) is 12.7. The molecule has 0 radical (unpaired) electrons. The van der Waals surface area contributed by atoms with Crippen LogP contribution in [0.1, 0.15) is 63.1 Å². The highest BCUT2D eigenvalue weighted by atomic mass is 16.5. The molecular weight excluding hydrogens is 270 g/mol. The summed E-state index contributed by atoms with van der Waals surface area (Å²) in [6, 6.07) is 0. The summed E-state index contributed by atoms with van der Waals surface area (Å²) in [5.74, 6) is 1.96. The number of carbonyl (C=O) groups excluding carboxylic acids is 1. The lowest BCUT2D eigenvalue weighted by Gasteiger charge is -2.32. The topological polar surface area (TPSA) is 68.5 Å². The van der Waals surface area contributed by atoms with Crippen LogP contribution in [-0.4, -0.2) is 46.7 Å². The summed E-state index contributed by atoms with van der Waals surface area (Å²) < 4.78 is 10.9. The molecule has 3 heterocycles. The Labute approximate surface area is 124 Å². The number of carbonyl (C=O) groups is 1. The van der Waals surface area contributed by atoms with Crippen molar-refractivity contribution < 1.29 is 14.1 Å². The maximum Gasteiger partial charge on any atom is 0.251 e. The molecule has 6 nitrogen and oxygen atoms in total. The lowest BCUT2D eigenvalue weighted by molar-refractivity contribution is -0.142. The second kappa shape index (κ2) is 6.13. The van der Waals surface area contributed by atoms with Gasteiger partial charge in [-0.25, -0.2) is 0 Å². The average Bonchev–Trinajstić information content (AvgIpc) is 3.18. The fraction of sp³-hybridized carbons (Fsp3) is 0.800. The lowest BCUT2D eigenvalue weighted by Crippen LogP contribution is -2.44. The van der Waals surface area contributed by atoms with E-state index in [-0.39, 0.29) is 23.8 Å². The van der Waals surface area contributed by atoms with E-state index in [9.17, 15) is 4.79 Å². The van der Waals surface area contributed by atoms with E-state index in [2.05, 4.69) is 10.1 Å². The number of aromatic nitrogens is 2. The van der Waals surface area contributed by atoms with Crippen LogP contribution in [0, 0.1) is 0 Å². The molecule has 0 N–H and O–H groups in total. The summed E-state index contributed by atoms with van der Waals surface area (Å²) in [4.78, 5) is 18.8. The summed E-state index contributed by atoms with van der Waals surface area (Å²) >= 11 is 0. The number of hydrogen-bond donors (Lipinski definition) is 0. The third-order valence-electron chi connectivity index (χ3n) is 4.26. The molecule has 0 bridgehead atoms. The van der Waals surface area contributed by atoms with Gasteiger partial charge in [0.05, 0.1) is 5.92 Å². The first-order valence-corrected chi connectivity index (χ1v) is 7.89. The van der Waals surface area contributed by atoms with Gasteiger partial charge in [0.15, 0.2) is 5.82 Å². The van der Waals surface area contributed by atoms with Gasteiger partial charge in [0.1, 0.15) is 6.10 Å². The predicted octanol–water partition coefficient (Wildman–Crippen LogP) is 2.08. The first kappa shape index (κ1) is 14.5. The van der Waals surface area contributed by atoms with Crippen LogP contribution in [0.3, 0.4) is 0 Å². The molecular formula is C15H23N3O3. The third-order valence-corrected chi connectivity index (χ3v) is 4.26. The number of piperidine rings is 1. The van der Waals surface area contributed by atoms with E-state index in [1.807, 2.05) is 18.7 Å². The van der Waals surface area contributed by atoms with Crippen molar-refractivity contribution in [2.75, 3.05) is 19.7 Å². The highest BCUT2D eigenvalue weighted by Gasteiger charge is 2.33. The van der Waals surface area contributed by atoms with Crippen LogP contribution in [-0.2, 0) is 9.53 Å². The molecule has 0 saturated carbocycles. The number of ether oxygens (including phenoxy) is 1. The molecule has 21 heavy (non-hydrogen) atoms. The van der Waals surface area contributed by atoms with E-state index < -0.39 is 0 Å².